The van der Waals surface area contributed by atoms with Crippen LogP contribution in [0.3, 0.4) is 0 Å². The number of thiophene rings is 1. The number of rotatable bonds is 7. The summed E-state index contributed by atoms with van der Waals surface area (Å²) in [5.41, 5.74) is 6.79. The Bertz CT molecular complexity index is 1150. The van der Waals surface area contributed by atoms with Crippen LogP contribution in [-0.4, -0.2) is 48.4 Å². The van der Waals surface area contributed by atoms with Gasteiger partial charge in [0.25, 0.3) is 0 Å². The summed E-state index contributed by atoms with van der Waals surface area (Å²) in [4.78, 5) is 17.9. The second-order valence-corrected chi connectivity index (χ2v) is 11.4. The van der Waals surface area contributed by atoms with Crippen molar-refractivity contribution in [3.63, 3.8) is 0 Å². The summed E-state index contributed by atoms with van der Waals surface area (Å²) in [5.74, 6) is 0.935. The lowest BCUT2D eigenvalue weighted by molar-refractivity contribution is -0.131. The van der Waals surface area contributed by atoms with Gasteiger partial charge in [0.2, 0.25) is 5.91 Å². The molecule has 2 aromatic carbocycles. The van der Waals surface area contributed by atoms with Gasteiger partial charge < -0.3 is 9.80 Å². The second kappa shape index (κ2) is 10.6. The zero-order chi connectivity index (χ0) is 23.5. The van der Waals surface area contributed by atoms with Crippen molar-refractivity contribution in [3.8, 4) is 0 Å². The third-order valence-corrected chi connectivity index (χ3v) is 8.99. The van der Waals surface area contributed by atoms with Gasteiger partial charge in [0.1, 0.15) is 0 Å². The van der Waals surface area contributed by atoms with Crippen LogP contribution in [-0.2, 0) is 24.1 Å². The molecule has 0 spiro atoms. The number of carbonyl (C=O) groups is 1. The molecule has 0 bridgehead atoms. The fourth-order valence-corrected chi connectivity index (χ4v) is 6.87. The highest BCUT2D eigenvalue weighted by atomic mass is 32.1. The Balaban J connectivity index is 1.10. The first-order valence-corrected chi connectivity index (χ1v) is 14.0. The minimum Gasteiger partial charge on any atom is -0.342 e. The molecule has 3 nitrogen and oxygen atoms in total. The summed E-state index contributed by atoms with van der Waals surface area (Å²) < 4.78 is 1.41. The molecular weight excluding hydrogens is 436 g/mol. The van der Waals surface area contributed by atoms with Gasteiger partial charge in [-0.05, 0) is 116 Å². The maximum Gasteiger partial charge on any atom is 0.227 e. The number of carbonyl (C=O) groups excluding carboxylic acids is 1. The lowest BCUT2D eigenvalue weighted by atomic mass is 9.96. The van der Waals surface area contributed by atoms with Crippen LogP contribution in [0.1, 0.15) is 53.5 Å². The number of unbranched alkanes of at least 4 members (excludes halogenated alkanes) is 1. The summed E-state index contributed by atoms with van der Waals surface area (Å²) in [5, 5.41) is 3.79. The Labute approximate surface area is 208 Å². The monoisotopic (exact) mass is 474 g/mol. The third-order valence-electron chi connectivity index (χ3n) is 7.97. The summed E-state index contributed by atoms with van der Waals surface area (Å²) >= 11 is 1.87. The van der Waals surface area contributed by atoms with E-state index < -0.39 is 0 Å². The van der Waals surface area contributed by atoms with Crippen molar-refractivity contribution >= 4 is 27.3 Å². The summed E-state index contributed by atoms with van der Waals surface area (Å²) in [6.45, 7) is 9.70. The average molecular weight is 475 g/mol. The third kappa shape index (κ3) is 5.39. The zero-order valence-electron chi connectivity index (χ0n) is 20.8. The van der Waals surface area contributed by atoms with Gasteiger partial charge in [-0.1, -0.05) is 30.3 Å². The molecule has 1 unspecified atom stereocenters. The maximum atomic E-state index is 13.1. The minimum absolute atomic E-state index is 0.321. The lowest BCUT2D eigenvalue weighted by Gasteiger charge is -2.35. The maximum absolute atomic E-state index is 13.1. The number of hydrogen-bond donors (Lipinski definition) is 0. The SMILES string of the molecule is Cc1cc2c(cc1C)CC(=O)N(CC1CCCN(CCCCc3csc4ccccc34)C1)CC2. The first kappa shape index (κ1) is 23.6. The number of aryl methyl sites for hydroxylation is 3. The molecule has 4 heteroatoms. The number of likely N-dealkylation sites (tertiary alicyclic amines) is 1. The van der Waals surface area contributed by atoms with E-state index in [4.69, 9.17) is 0 Å². The first-order chi connectivity index (χ1) is 16.6. The Morgan fingerprint density at radius 3 is 2.74 bits per heavy atom. The van der Waals surface area contributed by atoms with E-state index in [2.05, 4.69) is 65.4 Å². The number of hydrogen-bond acceptors (Lipinski definition) is 3. The number of benzene rings is 2. The summed E-state index contributed by atoms with van der Waals surface area (Å²) in [6.07, 6.45) is 7.78. The van der Waals surface area contributed by atoms with Crippen molar-refractivity contribution < 1.29 is 4.79 Å². The smallest absolute Gasteiger partial charge is 0.227 e. The molecular formula is C30H38N2OS. The van der Waals surface area contributed by atoms with Gasteiger partial charge in [-0.15, -0.1) is 11.3 Å². The Kier molecular flexibility index (Phi) is 7.36. The molecule has 1 atom stereocenters. The van der Waals surface area contributed by atoms with Gasteiger partial charge in [-0.25, -0.2) is 0 Å². The number of nitrogens with zero attached hydrogens (tertiary/aromatic N) is 2. The van der Waals surface area contributed by atoms with E-state index in [-0.39, 0.29) is 0 Å². The molecule has 1 fully saturated rings. The summed E-state index contributed by atoms with van der Waals surface area (Å²) in [7, 11) is 0. The minimum atomic E-state index is 0.321. The van der Waals surface area contributed by atoms with Crippen LogP contribution in [0, 0.1) is 19.8 Å². The number of fused-ring (bicyclic) bond motifs is 2. The van der Waals surface area contributed by atoms with Gasteiger partial charge >= 0.3 is 0 Å². The fraction of sp³-hybridized carbons (Fsp3) is 0.500. The molecule has 1 aromatic heterocycles. The van der Waals surface area contributed by atoms with Crippen molar-refractivity contribution in [1.29, 1.82) is 0 Å². The number of piperidine rings is 1. The van der Waals surface area contributed by atoms with E-state index in [0.717, 1.165) is 26.1 Å². The quantitative estimate of drug-likeness (QED) is 0.382. The van der Waals surface area contributed by atoms with Crippen molar-refractivity contribution in [3.05, 3.63) is 69.6 Å². The van der Waals surface area contributed by atoms with Crippen LogP contribution < -0.4 is 0 Å². The second-order valence-electron chi connectivity index (χ2n) is 10.5. The van der Waals surface area contributed by atoms with E-state index in [1.54, 1.807) is 0 Å². The highest BCUT2D eigenvalue weighted by molar-refractivity contribution is 7.17. The molecule has 2 aliphatic rings. The van der Waals surface area contributed by atoms with Gasteiger partial charge in [-0.3, -0.25) is 4.79 Å². The molecule has 0 aliphatic carbocycles. The van der Waals surface area contributed by atoms with Crippen molar-refractivity contribution in [2.75, 3.05) is 32.7 Å². The first-order valence-electron chi connectivity index (χ1n) is 13.1. The van der Waals surface area contributed by atoms with E-state index in [9.17, 15) is 4.79 Å². The lowest BCUT2D eigenvalue weighted by Crippen LogP contribution is -2.43. The van der Waals surface area contributed by atoms with Crippen LogP contribution in [0.5, 0.6) is 0 Å². The molecule has 3 aromatic rings. The molecule has 3 heterocycles. The normalized spacial score (nSPS) is 19.4. The van der Waals surface area contributed by atoms with Gasteiger partial charge in [-0.2, -0.15) is 0 Å². The molecule has 0 saturated carbocycles. The average Bonchev–Trinajstić information content (AvgIpc) is 3.19. The van der Waals surface area contributed by atoms with Crippen molar-refractivity contribution in [2.24, 2.45) is 5.92 Å². The highest BCUT2D eigenvalue weighted by Crippen LogP contribution is 2.27. The molecule has 0 radical (unpaired) electrons. The van der Waals surface area contributed by atoms with Crippen molar-refractivity contribution in [1.82, 2.24) is 9.80 Å². The van der Waals surface area contributed by atoms with Gasteiger partial charge in [0, 0.05) is 24.3 Å². The fourth-order valence-electron chi connectivity index (χ4n) is 5.87. The van der Waals surface area contributed by atoms with Gasteiger partial charge in [0.15, 0.2) is 0 Å². The van der Waals surface area contributed by atoms with Crippen LogP contribution >= 0.6 is 11.3 Å². The molecule has 0 N–H and O–H groups in total. The van der Waals surface area contributed by atoms with Gasteiger partial charge in [0.05, 0.1) is 6.42 Å². The van der Waals surface area contributed by atoms with Crippen LogP contribution in [0.15, 0.2) is 41.8 Å². The zero-order valence-corrected chi connectivity index (χ0v) is 21.6. The standard InChI is InChI=1S/C30H38N2OS/c1-22-16-25-12-15-32(30(33)18-27(25)17-23(22)2)20-24-8-7-14-31(19-24)13-6-5-9-26-21-34-29-11-4-3-10-28(26)29/h3-4,10-11,16-17,21,24H,5-9,12-15,18-20H2,1-2H3. The van der Waals surface area contributed by atoms with E-state index in [1.807, 2.05) is 11.3 Å². The molecule has 1 amide bonds. The largest absolute Gasteiger partial charge is 0.342 e. The highest BCUT2D eigenvalue weighted by Gasteiger charge is 2.26. The number of amides is 1. The van der Waals surface area contributed by atoms with Crippen LogP contribution in [0.25, 0.3) is 10.1 Å². The van der Waals surface area contributed by atoms with E-state index >= 15 is 0 Å². The topological polar surface area (TPSA) is 23.6 Å². The van der Waals surface area contributed by atoms with Crippen molar-refractivity contribution in [2.45, 2.75) is 58.8 Å². The molecule has 5 rings (SSSR count). The summed E-state index contributed by atoms with van der Waals surface area (Å²) in [6, 6.07) is 13.3. The molecule has 34 heavy (non-hydrogen) atoms. The molecule has 180 valence electrons. The van der Waals surface area contributed by atoms with E-state index in [0.29, 0.717) is 18.2 Å². The molecule has 2 aliphatic heterocycles. The van der Waals surface area contributed by atoms with Crippen LogP contribution in [0.2, 0.25) is 0 Å². The molecule has 1 saturated heterocycles. The van der Waals surface area contributed by atoms with E-state index in [1.165, 1.54) is 83.1 Å². The predicted molar refractivity (Wildman–Crippen MR) is 144 cm³/mol. The predicted octanol–water partition coefficient (Wildman–Crippen LogP) is 6.18. The Hall–Kier alpha value is -2.17. The Morgan fingerprint density at radius 1 is 1.03 bits per heavy atom. The van der Waals surface area contributed by atoms with Crippen LogP contribution in [0.4, 0.5) is 0 Å². The Morgan fingerprint density at radius 2 is 1.85 bits per heavy atom.